The lowest BCUT2D eigenvalue weighted by Gasteiger charge is -2.21. The summed E-state index contributed by atoms with van der Waals surface area (Å²) in [5, 5.41) is 13.1. The third-order valence-electron chi connectivity index (χ3n) is 10.9. The SMILES string of the molecule is C=NC(NC(=NCc1cc(-c2ccc(C#N)cc2)cc(-c2ccc(/C(=C(/C3=CCC(C)C=C3)c3ccccc3)c3ccccc3)cc2)c1)c1ccccc1)c1ccccc1. The van der Waals surface area contributed by atoms with Crippen molar-refractivity contribution in [3.05, 3.63) is 251 Å². The summed E-state index contributed by atoms with van der Waals surface area (Å²) in [5.74, 6) is 1.25. The molecule has 8 rings (SSSR count). The number of nitriles is 1. The molecule has 7 aromatic carbocycles. The van der Waals surface area contributed by atoms with E-state index in [-0.39, 0.29) is 6.17 Å². The van der Waals surface area contributed by atoms with Crippen LogP contribution in [-0.2, 0) is 6.54 Å². The molecule has 2 atom stereocenters. The second kappa shape index (κ2) is 18.8. The number of hydrogen-bond acceptors (Lipinski definition) is 3. The largest absolute Gasteiger partial charge is 0.345 e. The van der Waals surface area contributed by atoms with E-state index < -0.39 is 0 Å². The van der Waals surface area contributed by atoms with Crippen LogP contribution in [0, 0.1) is 17.2 Å². The quantitative estimate of drug-likeness (QED) is 0.0763. The van der Waals surface area contributed by atoms with Gasteiger partial charge in [0.05, 0.1) is 18.2 Å². The van der Waals surface area contributed by atoms with Gasteiger partial charge in [-0.05, 0) is 116 Å². The number of amidine groups is 1. The van der Waals surface area contributed by atoms with Crippen LogP contribution >= 0.6 is 0 Å². The molecule has 0 amide bonds. The van der Waals surface area contributed by atoms with E-state index in [1.807, 2.05) is 72.8 Å². The van der Waals surface area contributed by atoms with Gasteiger partial charge in [0.25, 0.3) is 0 Å². The fourth-order valence-electron chi connectivity index (χ4n) is 7.70. The zero-order valence-corrected chi connectivity index (χ0v) is 33.7. The van der Waals surface area contributed by atoms with E-state index >= 15 is 0 Å². The van der Waals surface area contributed by atoms with Crippen LogP contribution in [0.5, 0.6) is 0 Å². The average Bonchev–Trinajstić information content (AvgIpc) is 3.32. The number of nitrogens with one attached hydrogen (secondary N) is 1. The maximum Gasteiger partial charge on any atom is 0.145 e. The Morgan fingerprint density at radius 2 is 1.15 bits per heavy atom. The minimum Gasteiger partial charge on any atom is -0.345 e. The maximum absolute atomic E-state index is 9.53. The van der Waals surface area contributed by atoms with Crippen LogP contribution < -0.4 is 5.32 Å². The zero-order chi connectivity index (χ0) is 41.1. The van der Waals surface area contributed by atoms with E-state index in [1.165, 1.54) is 27.8 Å². The molecule has 1 N–H and O–H groups in total. The van der Waals surface area contributed by atoms with Crippen LogP contribution in [0.2, 0.25) is 0 Å². The second-order valence-electron chi connectivity index (χ2n) is 15.1. The lowest BCUT2D eigenvalue weighted by atomic mass is 9.82. The van der Waals surface area contributed by atoms with Crippen LogP contribution in [0.3, 0.4) is 0 Å². The van der Waals surface area contributed by atoms with Crippen molar-refractivity contribution in [1.82, 2.24) is 5.32 Å². The highest BCUT2D eigenvalue weighted by Crippen LogP contribution is 2.40. The summed E-state index contributed by atoms with van der Waals surface area (Å²) >= 11 is 0. The molecule has 0 saturated heterocycles. The predicted octanol–water partition coefficient (Wildman–Crippen LogP) is 13.3. The topological polar surface area (TPSA) is 60.5 Å². The van der Waals surface area contributed by atoms with Gasteiger partial charge in [0, 0.05) is 5.56 Å². The molecule has 7 aromatic rings. The number of aliphatic imine (C=N–C) groups is 2. The van der Waals surface area contributed by atoms with Gasteiger partial charge < -0.3 is 5.32 Å². The molecule has 0 saturated carbocycles. The van der Waals surface area contributed by atoms with Crippen molar-refractivity contribution in [2.45, 2.75) is 26.1 Å². The van der Waals surface area contributed by atoms with Gasteiger partial charge >= 0.3 is 0 Å². The normalized spacial score (nSPS) is 14.6. The van der Waals surface area contributed by atoms with Gasteiger partial charge in [-0.1, -0.05) is 183 Å². The van der Waals surface area contributed by atoms with Crippen LogP contribution in [0.4, 0.5) is 0 Å². The van der Waals surface area contributed by atoms with Crippen molar-refractivity contribution in [2.24, 2.45) is 15.9 Å². The Labute approximate surface area is 354 Å². The Hall–Kier alpha value is -7.61. The molecule has 4 heteroatoms. The highest BCUT2D eigenvalue weighted by atomic mass is 15.1. The Bertz CT molecular complexity index is 2720. The molecule has 0 heterocycles. The second-order valence-corrected chi connectivity index (χ2v) is 15.1. The van der Waals surface area contributed by atoms with E-state index in [2.05, 4.69) is 164 Å². The molecule has 0 radical (unpaired) electrons. The molecule has 1 aliphatic rings. The van der Waals surface area contributed by atoms with E-state index in [0.29, 0.717) is 18.0 Å². The number of benzene rings is 7. The molecular weight excluding hydrogens is 729 g/mol. The molecule has 60 heavy (non-hydrogen) atoms. The van der Waals surface area contributed by atoms with Gasteiger partial charge in [0.2, 0.25) is 0 Å². The van der Waals surface area contributed by atoms with E-state index in [4.69, 9.17) is 4.99 Å². The summed E-state index contributed by atoms with van der Waals surface area (Å²) in [5.41, 5.74) is 15.1. The van der Waals surface area contributed by atoms with E-state index in [1.54, 1.807) is 0 Å². The van der Waals surface area contributed by atoms with Crippen LogP contribution in [0.25, 0.3) is 33.4 Å². The molecule has 0 spiro atoms. The monoisotopic (exact) mass is 774 g/mol. The summed E-state index contributed by atoms with van der Waals surface area (Å²) in [6.45, 7) is 6.58. The van der Waals surface area contributed by atoms with Crippen LogP contribution in [0.15, 0.2) is 222 Å². The lowest BCUT2D eigenvalue weighted by Crippen LogP contribution is -2.28. The molecule has 1 aliphatic carbocycles. The van der Waals surface area contributed by atoms with Gasteiger partial charge in [0.1, 0.15) is 12.0 Å². The molecule has 0 aromatic heterocycles. The van der Waals surface area contributed by atoms with E-state index in [9.17, 15) is 5.26 Å². The van der Waals surface area contributed by atoms with Gasteiger partial charge in [-0.2, -0.15) is 5.26 Å². The first-order chi connectivity index (χ1) is 29.6. The fourth-order valence-corrected chi connectivity index (χ4v) is 7.70. The maximum atomic E-state index is 9.53. The van der Waals surface area contributed by atoms with Crippen molar-refractivity contribution in [3.63, 3.8) is 0 Å². The van der Waals surface area contributed by atoms with Crippen molar-refractivity contribution >= 4 is 23.7 Å². The van der Waals surface area contributed by atoms with Crippen molar-refractivity contribution in [1.29, 1.82) is 5.26 Å². The number of allylic oxidation sites excluding steroid dienone is 5. The summed E-state index contributed by atoms with van der Waals surface area (Å²) in [7, 11) is 0. The zero-order valence-electron chi connectivity index (χ0n) is 33.7. The molecule has 4 nitrogen and oxygen atoms in total. The number of hydrogen-bond donors (Lipinski definition) is 1. The minimum atomic E-state index is -0.365. The molecule has 2 unspecified atom stereocenters. The summed E-state index contributed by atoms with van der Waals surface area (Å²) in [6, 6.07) is 67.4. The Balaban J connectivity index is 1.22. The smallest absolute Gasteiger partial charge is 0.145 e. The van der Waals surface area contributed by atoms with Crippen molar-refractivity contribution in [2.75, 3.05) is 0 Å². The highest BCUT2D eigenvalue weighted by molar-refractivity contribution is 6.05. The number of rotatable bonds is 12. The van der Waals surface area contributed by atoms with Gasteiger partial charge in [0.15, 0.2) is 0 Å². The summed E-state index contributed by atoms with van der Waals surface area (Å²) < 4.78 is 0. The van der Waals surface area contributed by atoms with Gasteiger partial charge in [-0.25, -0.2) is 0 Å². The average molecular weight is 775 g/mol. The first-order valence-corrected chi connectivity index (χ1v) is 20.4. The third-order valence-corrected chi connectivity index (χ3v) is 10.9. The van der Waals surface area contributed by atoms with Crippen molar-refractivity contribution < 1.29 is 0 Å². The molecule has 290 valence electrons. The molecule has 0 aliphatic heterocycles. The summed E-state index contributed by atoms with van der Waals surface area (Å²) in [4.78, 5) is 9.62. The Morgan fingerprint density at radius 3 is 1.68 bits per heavy atom. The van der Waals surface area contributed by atoms with Gasteiger partial charge in [-0.15, -0.1) is 0 Å². The number of nitrogens with zero attached hydrogens (tertiary/aromatic N) is 3. The molecule has 0 fully saturated rings. The van der Waals surface area contributed by atoms with Crippen LogP contribution in [0.1, 0.15) is 58.5 Å². The lowest BCUT2D eigenvalue weighted by molar-refractivity contribution is 0.686. The van der Waals surface area contributed by atoms with Crippen molar-refractivity contribution in [3.8, 4) is 28.3 Å². The first kappa shape index (κ1) is 39.2. The Kier molecular flexibility index (Phi) is 12.3. The first-order valence-electron chi connectivity index (χ1n) is 20.4. The highest BCUT2D eigenvalue weighted by Gasteiger charge is 2.19. The fraction of sp³-hybridized carbons (Fsp3) is 0.0893. The third kappa shape index (κ3) is 9.23. The standard InChI is InChI=1S/C56H46N4/c1-40-23-27-47(28-24-40)53(45-15-7-3-8-16-45)54(46-17-9-4-10-18-46)48-33-31-44(32-34-48)52-36-42(35-51(37-52)43-29-25-41(38-57)26-30-43)39-59-56(50-21-13-6-14-22-50)60-55(58-2)49-19-11-5-12-20-49/h3-23,25-37,40,55H,2,24,39H2,1H3,(H,59,60)/b54-53+. The predicted molar refractivity (Wildman–Crippen MR) is 250 cm³/mol. The van der Waals surface area contributed by atoms with E-state index in [0.717, 1.165) is 56.8 Å². The van der Waals surface area contributed by atoms with Gasteiger partial charge in [-0.3, -0.25) is 9.98 Å². The Morgan fingerprint density at radius 1 is 0.633 bits per heavy atom. The summed E-state index contributed by atoms with van der Waals surface area (Å²) in [6.07, 6.45) is 7.64. The van der Waals surface area contributed by atoms with Crippen LogP contribution in [-0.4, -0.2) is 12.6 Å². The molecular formula is C56H46N4. The molecule has 0 bridgehead atoms. The minimum absolute atomic E-state index is 0.365.